The third-order valence-corrected chi connectivity index (χ3v) is 4.87. The van der Waals surface area contributed by atoms with E-state index in [4.69, 9.17) is 9.47 Å². The molecule has 1 N–H and O–H groups in total. The zero-order chi connectivity index (χ0) is 11.6. The van der Waals surface area contributed by atoms with Gasteiger partial charge in [0.05, 0.1) is 13.2 Å². The van der Waals surface area contributed by atoms with Gasteiger partial charge in [-0.3, -0.25) is 5.32 Å². The van der Waals surface area contributed by atoms with E-state index in [1.165, 1.54) is 32.1 Å². The highest BCUT2D eigenvalue weighted by molar-refractivity contribution is 4.93. The highest BCUT2D eigenvalue weighted by Gasteiger charge is 2.43. The van der Waals surface area contributed by atoms with E-state index in [-0.39, 0.29) is 5.72 Å². The summed E-state index contributed by atoms with van der Waals surface area (Å²) in [7, 11) is 0. The number of hydrogen-bond donors (Lipinski definition) is 1. The van der Waals surface area contributed by atoms with Gasteiger partial charge in [0.1, 0.15) is 5.72 Å². The summed E-state index contributed by atoms with van der Waals surface area (Å²) >= 11 is 0. The first-order valence-electron chi connectivity index (χ1n) is 7.30. The van der Waals surface area contributed by atoms with Crippen LogP contribution in [0, 0.1) is 5.41 Å². The van der Waals surface area contributed by atoms with Gasteiger partial charge >= 0.3 is 0 Å². The summed E-state index contributed by atoms with van der Waals surface area (Å²) in [6.07, 6.45) is 10.2. The Morgan fingerprint density at radius 1 is 0.824 bits per heavy atom. The van der Waals surface area contributed by atoms with Gasteiger partial charge in [0, 0.05) is 25.0 Å². The second-order valence-electron chi connectivity index (χ2n) is 6.16. The van der Waals surface area contributed by atoms with Crippen molar-refractivity contribution < 1.29 is 9.47 Å². The Morgan fingerprint density at radius 2 is 1.71 bits per heavy atom. The van der Waals surface area contributed by atoms with Crippen LogP contribution in [0.25, 0.3) is 0 Å². The summed E-state index contributed by atoms with van der Waals surface area (Å²) in [5.74, 6) is 0. The fourth-order valence-corrected chi connectivity index (χ4v) is 3.61. The topological polar surface area (TPSA) is 30.5 Å². The fourth-order valence-electron chi connectivity index (χ4n) is 3.61. The van der Waals surface area contributed by atoms with Crippen molar-refractivity contribution >= 4 is 0 Å². The third kappa shape index (κ3) is 2.51. The Hall–Kier alpha value is -0.120. The lowest BCUT2D eigenvalue weighted by atomic mass is 9.73. The van der Waals surface area contributed by atoms with Gasteiger partial charge in [-0.15, -0.1) is 0 Å². The first-order valence-corrected chi connectivity index (χ1v) is 7.30. The van der Waals surface area contributed by atoms with Crippen LogP contribution in [0.3, 0.4) is 0 Å². The van der Waals surface area contributed by atoms with E-state index in [2.05, 4.69) is 5.32 Å². The lowest BCUT2D eigenvalue weighted by Gasteiger charge is -2.48. The monoisotopic (exact) mass is 239 g/mol. The summed E-state index contributed by atoms with van der Waals surface area (Å²) in [5, 5.41) is 3.73. The van der Waals surface area contributed by atoms with Gasteiger partial charge in [0.25, 0.3) is 0 Å². The van der Waals surface area contributed by atoms with Gasteiger partial charge in [-0.2, -0.15) is 0 Å². The molecule has 3 fully saturated rings. The Balaban J connectivity index is 1.61. The summed E-state index contributed by atoms with van der Waals surface area (Å²) in [6, 6.07) is 0. The molecule has 1 unspecified atom stereocenters. The van der Waals surface area contributed by atoms with Crippen LogP contribution >= 0.6 is 0 Å². The molecule has 3 aliphatic rings. The number of rotatable bonds is 0. The minimum Gasteiger partial charge on any atom is -0.381 e. The molecule has 0 radical (unpaired) electrons. The molecule has 0 bridgehead atoms. The molecule has 1 saturated carbocycles. The average Bonchev–Trinajstić information content (AvgIpc) is 2.61. The molecule has 2 spiro atoms. The Bertz CT molecular complexity index is 241. The molecule has 1 atom stereocenters. The molecule has 1 aliphatic carbocycles. The number of hydrogen-bond acceptors (Lipinski definition) is 3. The van der Waals surface area contributed by atoms with Crippen molar-refractivity contribution in [2.24, 2.45) is 5.41 Å². The van der Waals surface area contributed by atoms with E-state index in [1.807, 2.05) is 0 Å². The maximum atomic E-state index is 6.29. The van der Waals surface area contributed by atoms with Crippen molar-refractivity contribution in [2.45, 2.75) is 57.1 Å². The zero-order valence-electron chi connectivity index (χ0n) is 10.8. The molecule has 0 aromatic carbocycles. The van der Waals surface area contributed by atoms with Crippen molar-refractivity contribution in [3.63, 3.8) is 0 Å². The van der Waals surface area contributed by atoms with Gasteiger partial charge in [-0.25, -0.2) is 0 Å². The summed E-state index contributed by atoms with van der Waals surface area (Å²) in [4.78, 5) is 0. The number of nitrogens with one attached hydrogen (secondary N) is 1. The van der Waals surface area contributed by atoms with Crippen LogP contribution in [-0.4, -0.2) is 32.1 Å². The Labute approximate surface area is 104 Å². The van der Waals surface area contributed by atoms with Crippen LogP contribution in [0.5, 0.6) is 0 Å². The van der Waals surface area contributed by atoms with E-state index in [0.717, 1.165) is 45.6 Å². The molecular weight excluding hydrogens is 214 g/mol. The van der Waals surface area contributed by atoms with E-state index < -0.39 is 0 Å². The normalized spacial score (nSPS) is 38.1. The second kappa shape index (κ2) is 4.87. The van der Waals surface area contributed by atoms with Crippen molar-refractivity contribution in [1.29, 1.82) is 0 Å². The maximum Gasteiger partial charge on any atom is 0.121 e. The van der Waals surface area contributed by atoms with Crippen LogP contribution < -0.4 is 5.32 Å². The molecule has 2 saturated heterocycles. The van der Waals surface area contributed by atoms with Crippen LogP contribution in [0.1, 0.15) is 51.4 Å². The largest absolute Gasteiger partial charge is 0.381 e. The second-order valence-corrected chi connectivity index (χ2v) is 6.16. The molecule has 2 aliphatic heterocycles. The average molecular weight is 239 g/mol. The molecular formula is C14H25NO2. The smallest absolute Gasteiger partial charge is 0.121 e. The van der Waals surface area contributed by atoms with Gasteiger partial charge in [0.2, 0.25) is 0 Å². The summed E-state index contributed by atoms with van der Waals surface area (Å²) < 4.78 is 11.8. The predicted octanol–water partition coefficient (Wildman–Crippen LogP) is 2.45. The molecule has 98 valence electrons. The molecule has 17 heavy (non-hydrogen) atoms. The van der Waals surface area contributed by atoms with Crippen molar-refractivity contribution in [2.75, 3.05) is 26.4 Å². The van der Waals surface area contributed by atoms with Gasteiger partial charge in [-0.05, 0) is 25.7 Å². The Kier molecular flexibility index (Phi) is 3.42. The van der Waals surface area contributed by atoms with Crippen molar-refractivity contribution in [3.05, 3.63) is 0 Å². The maximum absolute atomic E-state index is 6.29. The highest BCUT2D eigenvalue weighted by atomic mass is 16.5. The molecule has 2 heterocycles. The van der Waals surface area contributed by atoms with Gasteiger partial charge in [-0.1, -0.05) is 19.3 Å². The molecule has 0 aromatic rings. The summed E-state index contributed by atoms with van der Waals surface area (Å²) in [6.45, 7) is 3.88. The number of ether oxygens (including phenoxy) is 2. The quantitative estimate of drug-likeness (QED) is 0.704. The van der Waals surface area contributed by atoms with Crippen molar-refractivity contribution in [3.8, 4) is 0 Å². The van der Waals surface area contributed by atoms with Crippen LogP contribution in [0.15, 0.2) is 0 Å². The van der Waals surface area contributed by atoms with E-state index in [0.29, 0.717) is 5.41 Å². The molecule has 3 rings (SSSR count). The molecule has 3 heteroatoms. The third-order valence-electron chi connectivity index (χ3n) is 4.87. The molecule has 3 nitrogen and oxygen atoms in total. The first-order chi connectivity index (χ1) is 8.33. The predicted molar refractivity (Wildman–Crippen MR) is 66.9 cm³/mol. The highest BCUT2D eigenvalue weighted by Crippen LogP contribution is 2.41. The standard InChI is InChI=1S/C14H25NO2/c1-2-5-13(6-3-1)11-15-14(17-12-13)7-4-9-16-10-8-14/h15H,1-12H2. The van der Waals surface area contributed by atoms with E-state index in [1.54, 1.807) is 0 Å². The van der Waals surface area contributed by atoms with Crippen LogP contribution in [-0.2, 0) is 9.47 Å². The lowest BCUT2D eigenvalue weighted by Crippen LogP contribution is -2.59. The van der Waals surface area contributed by atoms with Crippen LogP contribution in [0.4, 0.5) is 0 Å². The summed E-state index contributed by atoms with van der Waals surface area (Å²) in [5.41, 5.74) is 0.399. The molecule has 0 amide bonds. The molecule has 0 aromatic heterocycles. The van der Waals surface area contributed by atoms with Crippen molar-refractivity contribution in [1.82, 2.24) is 5.32 Å². The first kappa shape index (κ1) is 11.9. The minimum absolute atomic E-state index is 0.0564. The fraction of sp³-hybridized carbons (Fsp3) is 1.00. The van der Waals surface area contributed by atoms with Gasteiger partial charge in [0.15, 0.2) is 0 Å². The zero-order valence-corrected chi connectivity index (χ0v) is 10.8. The van der Waals surface area contributed by atoms with Gasteiger partial charge < -0.3 is 9.47 Å². The lowest BCUT2D eigenvalue weighted by molar-refractivity contribution is -0.160. The van der Waals surface area contributed by atoms with E-state index >= 15 is 0 Å². The SMILES string of the molecule is C1CCC2(CC1)CNC1(CCCOCC1)OC2. The Morgan fingerprint density at radius 3 is 2.47 bits per heavy atom. The van der Waals surface area contributed by atoms with Crippen LogP contribution in [0.2, 0.25) is 0 Å². The van der Waals surface area contributed by atoms with E-state index in [9.17, 15) is 0 Å². The minimum atomic E-state index is -0.0564.